The molecule has 1 fully saturated rings. The number of nitrogens with zero attached hydrogens (tertiary/aromatic N) is 1. The zero-order chi connectivity index (χ0) is 19.6. The van der Waals surface area contributed by atoms with Gasteiger partial charge in [0.2, 0.25) is 0 Å². The Kier molecular flexibility index (Phi) is 8.34. The van der Waals surface area contributed by atoms with Gasteiger partial charge in [-0.2, -0.15) is 0 Å². The number of aryl methyl sites for hydroxylation is 1. The molecular weight excluding hydrogens is 372 g/mol. The van der Waals surface area contributed by atoms with Gasteiger partial charge in [0, 0.05) is 37.6 Å². The predicted molar refractivity (Wildman–Crippen MR) is 114 cm³/mol. The number of nitrogens with one attached hydrogen (secondary N) is 1. The first-order valence-electron chi connectivity index (χ1n) is 10.2. The van der Waals surface area contributed by atoms with Crippen molar-refractivity contribution in [3.63, 3.8) is 0 Å². The third-order valence-corrected chi connectivity index (χ3v) is 5.29. The lowest BCUT2D eigenvalue weighted by Crippen LogP contribution is -2.44. The molecule has 0 radical (unpaired) electrons. The van der Waals surface area contributed by atoms with Crippen molar-refractivity contribution in [1.82, 2.24) is 10.4 Å². The van der Waals surface area contributed by atoms with Crippen molar-refractivity contribution in [2.24, 2.45) is 0 Å². The number of benzene rings is 2. The van der Waals surface area contributed by atoms with Crippen LogP contribution in [0.15, 0.2) is 48.5 Å². The van der Waals surface area contributed by atoms with Gasteiger partial charge < -0.3 is 10.2 Å². The summed E-state index contributed by atoms with van der Waals surface area (Å²) in [7, 11) is 0. The van der Waals surface area contributed by atoms with E-state index in [-0.39, 0.29) is 5.97 Å². The fourth-order valence-electron chi connectivity index (χ4n) is 3.38. The van der Waals surface area contributed by atoms with E-state index in [1.54, 1.807) is 5.06 Å². The summed E-state index contributed by atoms with van der Waals surface area (Å²) in [5, 5.41) is 5.78. The Hall–Kier alpha value is -1.88. The quantitative estimate of drug-likeness (QED) is 0.610. The molecule has 4 nitrogen and oxygen atoms in total. The van der Waals surface area contributed by atoms with Crippen LogP contribution in [0.1, 0.15) is 37.7 Å². The number of unbranched alkanes of at least 4 members (excludes halogenated alkanes) is 3. The normalized spacial score (nSPS) is 14.8. The molecule has 1 N–H and O–H groups in total. The van der Waals surface area contributed by atoms with E-state index in [4.69, 9.17) is 16.4 Å². The zero-order valence-corrected chi connectivity index (χ0v) is 17.1. The highest BCUT2D eigenvalue weighted by Gasteiger charge is 2.14. The average Bonchev–Trinajstić information content (AvgIpc) is 2.72. The van der Waals surface area contributed by atoms with E-state index in [1.165, 1.54) is 16.7 Å². The van der Waals surface area contributed by atoms with E-state index in [2.05, 4.69) is 29.6 Å². The van der Waals surface area contributed by atoms with Gasteiger partial charge in [-0.1, -0.05) is 60.8 Å². The first-order chi connectivity index (χ1) is 13.7. The second-order valence-corrected chi connectivity index (χ2v) is 7.70. The van der Waals surface area contributed by atoms with E-state index in [0.717, 1.165) is 63.3 Å². The second kappa shape index (κ2) is 11.2. The van der Waals surface area contributed by atoms with Gasteiger partial charge >= 0.3 is 5.97 Å². The van der Waals surface area contributed by atoms with Crippen LogP contribution >= 0.6 is 11.6 Å². The Morgan fingerprint density at radius 3 is 2.18 bits per heavy atom. The minimum Gasteiger partial charge on any atom is -0.368 e. The van der Waals surface area contributed by atoms with E-state index in [9.17, 15) is 4.79 Å². The Bertz CT molecular complexity index is 725. The number of hydrogen-bond donors (Lipinski definition) is 1. The Morgan fingerprint density at radius 1 is 0.893 bits per heavy atom. The minimum atomic E-state index is -0.0975. The summed E-state index contributed by atoms with van der Waals surface area (Å²) in [4.78, 5) is 17.2. The van der Waals surface area contributed by atoms with Crippen LogP contribution in [0, 0.1) is 0 Å². The second-order valence-electron chi connectivity index (χ2n) is 7.26. The lowest BCUT2D eigenvalue weighted by Gasteiger charge is -2.25. The van der Waals surface area contributed by atoms with Gasteiger partial charge in [0.1, 0.15) is 0 Å². The molecular formula is C23H29ClN2O2. The van der Waals surface area contributed by atoms with Crippen LogP contribution in [0.25, 0.3) is 11.1 Å². The SMILES string of the molecule is O=C(CCCCCCc1ccc(-c2ccc(Cl)cc2)cc1)ON1CCNCC1. The lowest BCUT2D eigenvalue weighted by molar-refractivity contribution is -0.192. The third kappa shape index (κ3) is 6.93. The van der Waals surface area contributed by atoms with Crippen molar-refractivity contribution in [3.05, 3.63) is 59.1 Å². The smallest absolute Gasteiger partial charge is 0.325 e. The number of hydroxylamine groups is 2. The van der Waals surface area contributed by atoms with Gasteiger partial charge in [-0.15, -0.1) is 5.06 Å². The standard InChI is InChI=1S/C23H29ClN2O2/c24-22-13-11-21(12-14-22)20-9-7-19(8-10-20)5-3-1-2-4-6-23(27)28-26-17-15-25-16-18-26/h7-14,25H,1-6,15-18H2. The summed E-state index contributed by atoms with van der Waals surface area (Å²) in [6.07, 6.45) is 5.85. The zero-order valence-electron chi connectivity index (χ0n) is 16.3. The van der Waals surface area contributed by atoms with Crippen molar-refractivity contribution in [3.8, 4) is 11.1 Å². The minimum absolute atomic E-state index is 0.0975. The molecule has 150 valence electrons. The van der Waals surface area contributed by atoms with E-state index in [0.29, 0.717) is 6.42 Å². The van der Waals surface area contributed by atoms with Crippen LogP contribution in [-0.2, 0) is 16.1 Å². The number of rotatable bonds is 9. The Labute approximate surface area is 172 Å². The van der Waals surface area contributed by atoms with Crippen LogP contribution in [0.4, 0.5) is 0 Å². The largest absolute Gasteiger partial charge is 0.368 e. The molecule has 0 bridgehead atoms. The fraction of sp³-hybridized carbons (Fsp3) is 0.435. The molecule has 0 unspecified atom stereocenters. The number of halogens is 1. The van der Waals surface area contributed by atoms with Crippen molar-refractivity contribution >= 4 is 17.6 Å². The lowest BCUT2D eigenvalue weighted by atomic mass is 10.0. The maximum Gasteiger partial charge on any atom is 0.325 e. The van der Waals surface area contributed by atoms with Gasteiger partial charge in [-0.05, 0) is 48.1 Å². The van der Waals surface area contributed by atoms with Crippen molar-refractivity contribution in [1.29, 1.82) is 0 Å². The van der Waals surface area contributed by atoms with Gasteiger partial charge in [0.15, 0.2) is 0 Å². The highest BCUT2D eigenvalue weighted by atomic mass is 35.5. The molecule has 28 heavy (non-hydrogen) atoms. The number of carbonyl (C=O) groups is 1. The topological polar surface area (TPSA) is 41.6 Å². The van der Waals surface area contributed by atoms with Crippen molar-refractivity contribution in [2.75, 3.05) is 26.2 Å². The van der Waals surface area contributed by atoms with Crippen LogP contribution < -0.4 is 5.32 Å². The highest BCUT2D eigenvalue weighted by molar-refractivity contribution is 6.30. The van der Waals surface area contributed by atoms with Crippen molar-refractivity contribution < 1.29 is 9.63 Å². The monoisotopic (exact) mass is 400 g/mol. The fourth-order valence-corrected chi connectivity index (χ4v) is 3.51. The summed E-state index contributed by atoms with van der Waals surface area (Å²) >= 11 is 5.95. The van der Waals surface area contributed by atoms with Gasteiger partial charge in [-0.25, -0.2) is 0 Å². The number of hydrogen-bond acceptors (Lipinski definition) is 4. The molecule has 2 aromatic rings. The summed E-state index contributed by atoms with van der Waals surface area (Å²) in [5.41, 5.74) is 3.75. The van der Waals surface area contributed by atoms with E-state index in [1.807, 2.05) is 24.3 Å². The Balaban J connectivity index is 1.29. The van der Waals surface area contributed by atoms with E-state index >= 15 is 0 Å². The average molecular weight is 401 g/mol. The molecule has 0 spiro atoms. The molecule has 0 aromatic heterocycles. The summed E-state index contributed by atoms with van der Waals surface area (Å²) < 4.78 is 0. The molecule has 2 aromatic carbocycles. The first-order valence-corrected chi connectivity index (χ1v) is 10.6. The van der Waals surface area contributed by atoms with Gasteiger partial charge in [0.05, 0.1) is 0 Å². The first kappa shape index (κ1) is 20.8. The van der Waals surface area contributed by atoms with Crippen LogP contribution in [0.2, 0.25) is 5.02 Å². The maximum absolute atomic E-state index is 11.8. The maximum atomic E-state index is 11.8. The molecule has 5 heteroatoms. The molecule has 0 aliphatic carbocycles. The summed E-state index contributed by atoms with van der Waals surface area (Å²) in [5.74, 6) is -0.0975. The predicted octanol–water partition coefficient (Wildman–Crippen LogP) is 4.86. The molecule has 0 saturated carbocycles. The molecule has 1 aliphatic rings. The molecule has 1 saturated heterocycles. The summed E-state index contributed by atoms with van der Waals surface area (Å²) in [6, 6.07) is 16.7. The van der Waals surface area contributed by atoms with Gasteiger partial charge in [-0.3, -0.25) is 4.79 Å². The highest BCUT2D eigenvalue weighted by Crippen LogP contribution is 2.22. The molecule has 3 rings (SSSR count). The van der Waals surface area contributed by atoms with E-state index < -0.39 is 0 Å². The third-order valence-electron chi connectivity index (χ3n) is 5.03. The molecule has 0 atom stereocenters. The van der Waals surface area contributed by atoms with Crippen LogP contribution in [-0.4, -0.2) is 37.2 Å². The molecule has 1 heterocycles. The molecule has 1 aliphatic heterocycles. The molecule has 0 amide bonds. The van der Waals surface area contributed by atoms with Crippen LogP contribution in [0.3, 0.4) is 0 Å². The van der Waals surface area contributed by atoms with Gasteiger partial charge in [0.25, 0.3) is 0 Å². The Morgan fingerprint density at radius 2 is 1.50 bits per heavy atom. The number of carbonyl (C=O) groups excluding carboxylic acids is 1. The summed E-state index contributed by atoms with van der Waals surface area (Å²) in [6.45, 7) is 3.33. The van der Waals surface area contributed by atoms with Crippen LogP contribution in [0.5, 0.6) is 0 Å². The van der Waals surface area contributed by atoms with Crippen molar-refractivity contribution in [2.45, 2.75) is 38.5 Å². The number of piperazine rings is 1.